The zero-order valence-corrected chi connectivity index (χ0v) is 15.7. The molecular formula is C16H13Br2N3O3. The van der Waals surface area contributed by atoms with Crippen LogP contribution in [0.4, 0.5) is 5.69 Å². The Kier molecular flexibility index (Phi) is 6.51. The summed E-state index contributed by atoms with van der Waals surface area (Å²) in [7, 11) is 1.53. The molecule has 0 aliphatic carbocycles. The van der Waals surface area contributed by atoms with E-state index in [0.717, 1.165) is 4.47 Å². The van der Waals surface area contributed by atoms with Gasteiger partial charge < -0.3 is 10.1 Å². The number of carbonyl (C=O) groups excluding carboxylic acids is 2. The molecule has 0 aliphatic rings. The fraction of sp³-hybridized carbons (Fsp3) is 0.0625. The van der Waals surface area contributed by atoms with E-state index in [4.69, 9.17) is 4.74 Å². The zero-order chi connectivity index (χ0) is 17.5. The van der Waals surface area contributed by atoms with Crippen molar-refractivity contribution in [1.82, 2.24) is 5.43 Å². The third-order valence-corrected chi connectivity index (χ3v) is 4.07. The van der Waals surface area contributed by atoms with Crippen molar-refractivity contribution >= 4 is 55.6 Å². The summed E-state index contributed by atoms with van der Waals surface area (Å²) in [4.78, 5) is 23.6. The van der Waals surface area contributed by atoms with Crippen LogP contribution in [0.1, 0.15) is 5.56 Å². The Morgan fingerprint density at radius 1 is 1.12 bits per heavy atom. The van der Waals surface area contributed by atoms with E-state index in [2.05, 4.69) is 47.7 Å². The average molecular weight is 455 g/mol. The molecule has 124 valence electrons. The quantitative estimate of drug-likeness (QED) is 0.422. The molecule has 24 heavy (non-hydrogen) atoms. The van der Waals surface area contributed by atoms with Gasteiger partial charge in [0.15, 0.2) is 0 Å². The van der Waals surface area contributed by atoms with Gasteiger partial charge in [-0.2, -0.15) is 5.10 Å². The van der Waals surface area contributed by atoms with E-state index in [1.54, 1.807) is 36.4 Å². The monoisotopic (exact) mass is 453 g/mol. The zero-order valence-electron chi connectivity index (χ0n) is 12.5. The fourth-order valence-electron chi connectivity index (χ4n) is 1.76. The molecule has 0 atom stereocenters. The molecule has 0 spiro atoms. The molecule has 0 heterocycles. The van der Waals surface area contributed by atoms with Gasteiger partial charge >= 0.3 is 11.8 Å². The first kappa shape index (κ1) is 18.2. The number of carbonyl (C=O) groups is 2. The van der Waals surface area contributed by atoms with Crippen LogP contribution in [0, 0.1) is 0 Å². The highest BCUT2D eigenvalue weighted by Gasteiger charge is 2.14. The lowest BCUT2D eigenvalue weighted by molar-refractivity contribution is -0.136. The van der Waals surface area contributed by atoms with Crippen molar-refractivity contribution in [3.63, 3.8) is 0 Å². The Labute approximate surface area is 155 Å². The number of rotatable bonds is 4. The summed E-state index contributed by atoms with van der Waals surface area (Å²) in [6.45, 7) is 0. The number of halogens is 2. The predicted octanol–water partition coefficient (Wildman–Crippen LogP) is 3.31. The summed E-state index contributed by atoms with van der Waals surface area (Å²) >= 11 is 6.63. The molecule has 0 bridgehead atoms. The number of nitrogens with zero attached hydrogens (tertiary/aromatic N) is 1. The molecule has 0 aliphatic heterocycles. The van der Waals surface area contributed by atoms with E-state index in [1.165, 1.54) is 13.3 Å². The molecule has 2 aromatic rings. The normalized spacial score (nSPS) is 10.5. The van der Waals surface area contributed by atoms with Crippen LogP contribution in [0.2, 0.25) is 0 Å². The fourth-order valence-corrected chi connectivity index (χ4v) is 2.52. The molecule has 2 rings (SSSR count). The van der Waals surface area contributed by atoms with E-state index in [-0.39, 0.29) is 0 Å². The minimum absolute atomic E-state index is 0.496. The molecule has 8 heteroatoms. The van der Waals surface area contributed by atoms with E-state index in [0.29, 0.717) is 21.5 Å². The van der Waals surface area contributed by atoms with Gasteiger partial charge in [0.1, 0.15) is 5.75 Å². The average Bonchev–Trinajstić information content (AvgIpc) is 2.57. The molecule has 0 aromatic heterocycles. The Hall–Kier alpha value is -2.19. The number of methoxy groups -OCH3 is 1. The van der Waals surface area contributed by atoms with E-state index < -0.39 is 11.8 Å². The first-order valence-corrected chi connectivity index (χ1v) is 8.32. The van der Waals surface area contributed by atoms with Gasteiger partial charge in [-0.3, -0.25) is 9.59 Å². The Balaban J connectivity index is 1.99. The maximum Gasteiger partial charge on any atom is 0.329 e. The molecule has 2 N–H and O–H groups in total. The summed E-state index contributed by atoms with van der Waals surface area (Å²) in [6.07, 6.45) is 1.40. The molecule has 0 fully saturated rings. The number of amides is 2. The summed E-state index contributed by atoms with van der Waals surface area (Å²) in [5.41, 5.74) is 3.32. The van der Waals surface area contributed by atoms with Crippen molar-refractivity contribution in [1.29, 1.82) is 0 Å². The van der Waals surface area contributed by atoms with Gasteiger partial charge in [-0.05, 0) is 46.3 Å². The number of hydrazone groups is 1. The molecule has 6 nitrogen and oxygen atoms in total. The van der Waals surface area contributed by atoms with Crippen LogP contribution in [0.15, 0.2) is 56.5 Å². The molecule has 2 aromatic carbocycles. The van der Waals surface area contributed by atoms with Crippen LogP contribution in [0.25, 0.3) is 0 Å². The van der Waals surface area contributed by atoms with Gasteiger partial charge in [0.05, 0.1) is 19.0 Å². The highest BCUT2D eigenvalue weighted by Crippen LogP contribution is 2.22. The molecule has 0 unspecified atom stereocenters. The maximum atomic E-state index is 11.8. The van der Waals surface area contributed by atoms with Crippen molar-refractivity contribution in [3.05, 3.63) is 57.0 Å². The smallest absolute Gasteiger partial charge is 0.329 e. The highest BCUT2D eigenvalue weighted by atomic mass is 79.9. The standard InChI is InChI=1S/C16H13Br2N3O3/c1-24-14-7-6-11(17)8-10(14)9-19-21-16(23)15(22)20-13-5-3-2-4-12(13)18/h2-9H,1H3,(H,20,22)(H,21,23)/b19-9+. The van der Waals surface area contributed by atoms with E-state index >= 15 is 0 Å². The third kappa shape index (κ3) is 4.90. The van der Waals surface area contributed by atoms with Gasteiger partial charge in [-0.1, -0.05) is 28.1 Å². The van der Waals surface area contributed by atoms with Crippen LogP contribution in [0.5, 0.6) is 5.75 Å². The largest absolute Gasteiger partial charge is 0.496 e. The molecule has 0 saturated heterocycles. The first-order valence-electron chi connectivity index (χ1n) is 6.73. The van der Waals surface area contributed by atoms with Crippen LogP contribution in [0.3, 0.4) is 0 Å². The third-order valence-electron chi connectivity index (χ3n) is 2.89. The van der Waals surface area contributed by atoms with E-state index in [1.807, 2.05) is 6.07 Å². The highest BCUT2D eigenvalue weighted by molar-refractivity contribution is 9.10. The second-order valence-corrected chi connectivity index (χ2v) is 6.29. The number of ether oxygens (including phenoxy) is 1. The topological polar surface area (TPSA) is 79.8 Å². The summed E-state index contributed by atoms with van der Waals surface area (Å²) in [5, 5.41) is 6.26. The Morgan fingerprint density at radius 2 is 1.88 bits per heavy atom. The van der Waals surface area contributed by atoms with Crippen molar-refractivity contribution in [2.45, 2.75) is 0 Å². The van der Waals surface area contributed by atoms with Gasteiger partial charge in [0.25, 0.3) is 0 Å². The van der Waals surface area contributed by atoms with Gasteiger partial charge in [0, 0.05) is 14.5 Å². The second-order valence-electron chi connectivity index (χ2n) is 4.52. The number of hydrogen-bond donors (Lipinski definition) is 2. The van der Waals surface area contributed by atoms with Crippen LogP contribution >= 0.6 is 31.9 Å². The number of hydrogen-bond acceptors (Lipinski definition) is 4. The van der Waals surface area contributed by atoms with Crippen LogP contribution < -0.4 is 15.5 Å². The molecule has 2 amide bonds. The lowest BCUT2D eigenvalue weighted by Crippen LogP contribution is -2.32. The van der Waals surface area contributed by atoms with Crippen LogP contribution in [-0.2, 0) is 9.59 Å². The minimum atomic E-state index is -0.879. The van der Waals surface area contributed by atoms with Crippen molar-refractivity contribution in [2.24, 2.45) is 5.10 Å². The Morgan fingerprint density at radius 3 is 2.58 bits per heavy atom. The van der Waals surface area contributed by atoms with E-state index in [9.17, 15) is 9.59 Å². The van der Waals surface area contributed by atoms with Crippen molar-refractivity contribution in [3.8, 4) is 5.75 Å². The van der Waals surface area contributed by atoms with Crippen LogP contribution in [-0.4, -0.2) is 25.1 Å². The number of nitrogens with one attached hydrogen (secondary N) is 2. The van der Waals surface area contributed by atoms with Crippen molar-refractivity contribution < 1.29 is 14.3 Å². The predicted molar refractivity (Wildman–Crippen MR) is 99.2 cm³/mol. The maximum absolute atomic E-state index is 11.8. The number of benzene rings is 2. The van der Waals surface area contributed by atoms with Gasteiger partial charge in [0.2, 0.25) is 0 Å². The minimum Gasteiger partial charge on any atom is -0.496 e. The molecule has 0 saturated carbocycles. The number of para-hydroxylation sites is 1. The Bertz CT molecular complexity index is 794. The summed E-state index contributed by atoms with van der Waals surface area (Å²) < 4.78 is 6.70. The summed E-state index contributed by atoms with van der Waals surface area (Å²) in [6, 6.07) is 12.3. The molecular weight excluding hydrogens is 442 g/mol. The van der Waals surface area contributed by atoms with Gasteiger partial charge in [-0.25, -0.2) is 5.43 Å². The second kappa shape index (κ2) is 8.60. The SMILES string of the molecule is COc1ccc(Br)cc1/C=N/NC(=O)C(=O)Nc1ccccc1Br. The van der Waals surface area contributed by atoms with Gasteiger partial charge in [-0.15, -0.1) is 0 Å². The first-order chi connectivity index (χ1) is 11.5. The lowest BCUT2D eigenvalue weighted by atomic mass is 10.2. The molecule has 0 radical (unpaired) electrons. The number of anilines is 1. The summed E-state index contributed by atoms with van der Waals surface area (Å²) in [5.74, 6) is -1.11. The van der Waals surface area contributed by atoms with Crippen molar-refractivity contribution in [2.75, 3.05) is 12.4 Å². The lowest BCUT2D eigenvalue weighted by Gasteiger charge is -2.06.